The normalized spacial score (nSPS) is 20.2. The molecule has 0 aliphatic carbocycles. The summed E-state index contributed by atoms with van der Waals surface area (Å²) in [6, 6.07) is 5.64. The second kappa shape index (κ2) is 8.95. The average Bonchev–Trinajstić information content (AvgIpc) is 3.46. The van der Waals surface area contributed by atoms with Crippen LogP contribution in [0.3, 0.4) is 0 Å². The Morgan fingerprint density at radius 3 is 2.91 bits per heavy atom. The smallest absolute Gasteiger partial charge is 0.280 e. The van der Waals surface area contributed by atoms with Gasteiger partial charge in [-0.3, -0.25) is 0 Å². The number of hydrogen-bond donors (Lipinski definition) is 1. The SMILES string of the molecule is [2H]C([2H])([2H])N1CCC(Nc2nc(OC)c3c(-c4ccc5nnn(CCC(F)F)c5c4)ccn3n2)C(F)(F)C1. The van der Waals surface area contributed by atoms with E-state index in [-0.39, 0.29) is 37.8 Å². The number of nitrogens with one attached hydrogen (secondary N) is 1. The lowest BCUT2D eigenvalue weighted by Gasteiger charge is -2.36. The van der Waals surface area contributed by atoms with Crippen molar-refractivity contribution < 1.29 is 26.4 Å². The predicted octanol–water partition coefficient (Wildman–Crippen LogP) is 3.56. The first kappa shape index (κ1) is 19.8. The predicted molar refractivity (Wildman–Crippen MR) is 121 cm³/mol. The Bertz CT molecular complexity index is 1460. The van der Waals surface area contributed by atoms with Crippen LogP contribution in [0.2, 0.25) is 0 Å². The molecule has 1 saturated heterocycles. The maximum atomic E-state index is 14.8. The molecule has 9 nitrogen and oxygen atoms in total. The van der Waals surface area contributed by atoms with E-state index in [1.807, 2.05) is 0 Å². The lowest BCUT2D eigenvalue weighted by molar-refractivity contribution is -0.0675. The third-order valence-electron chi connectivity index (χ3n) is 5.96. The maximum Gasteiger partial charge on any atom is 0.280 e. The van der Waals surface area contributed by atoms with Gasteiger partial charge >= 0.3 is 0 Å². The second-order valence-electron chi connectivity index (χ2n) is 8.33. The topological polar surface area (TPSA) is 85.4 Å². The van der Waals surface area contributed by atoms with Crippen LogP contribution in [0.15, 0.2) is 30.5 Å². The van der Waals surface area contributed by atoms with E-state index in [1.165, 1.54) is 16.3 Å². The van der Waals surface area contributed by atoms with Gasteiger partial charge in [0, 0.05) is 35.4 Å². The van der Waals surface area contributed by atoms with Gasteiger partial charge in [-0.25, -0.2) is 26.8 Å². The minimum Gasteiger partial charge on any atom is -0.479 e. The Balaban J connectivity index is 1.45. The molecule has 1 fully saturated rings. The van der Waals surface area contributed by atoms with Crippen LogP contribution in [-0.4, -0.2) is 80.1 Å². The molecular weight excluding hydrogens is 468 g/mol. The summed E-state index contributed by atoms with van der Waals surface area (Å²) < 4.78 is 85.6. The third-order valence-corrected chi connectivity index (χ3v) is 5.96. The number of halogens is 4. The number of anilines is 1. The Morgan fingerprint density at radius 1 is 1.31 bits per heavy atom. The molecular formula is C22H24F4N8O. The highest BCUT2D eigenvalue weighted by Crippen LogP contribution is 2.34. The molecule has 5 rings (SSSR count). The number of benzene rings is 1. The molecule has 3 aromatic heterocycles. The number of likely N-dealkylation sites (tertiary alicyclic amines) is 1. The molecule has 0 bridgehead atoms. The lowest BCUT2D eigenvalue weighted by Crippen LogP contribution is -2.53. The molecule has 0 spiro atoms. The highest BCUT2D eigenvalue weighted by atomic mass is 19.3. The van der Waals surface area contributed by atoms with Crippen molar-refractivity contribution in [3.63, 3.8) is 0 Å². The molecule has 13 heteroatoms. The van der Waals surface area contributed by atoms with Crippen LogP contribution in [0, 0.1) is 0 Å². The Labute approximate surface area is 201 Å². The van der Waals surface area contributed by atoms with Crippen LogP contribution < -0.4 is 10.1 Å². The van der Waals surface area contributed by atoms with Gasteiger partial charge in [0.05, 0.1) is 25.2 Å². The molecule has 4 aromatic rings. The highest BCUT2D eigenvalue weighted by Gasteiger charge is 2.44. The van der Waals surface area contributed by atoms with E-state index in [9.17, 15) is 17.6 Å². The van der Waals surface area contributed by atoms with Crippen molar-refractivity contribution in [1.82, 2.24) is 34.5 Å². The standard InChI is InChI=1S/C22H24F4N8O/c1-32-8-6-17(22(25,26)12-32)27-21-28-20(35-2)19-14(5-9-34(19)30-21)13-3-4-15-16(11-13)33(31-29-15)10-7-18(23)24/h3-5,9,11,17-18H,6-8,10,12H2,1-2H3,(H,27,30)/i1D3. The van der Waals surface area contributed by atoms with Crippen LogP contribution in [0.1, 0.15) is 17.0 Å². The van der Waals surface area contributed by atoms with Gasteiger partial charge in [-0.15, -0.1) is 10.2 Å². The number of aryl methyl sites for hydroxylation is 1. The van der Waals surface area contributed by atoms with E-state index in [0.29, 0.717) is 27.7 Å². The van der Waals surface area contributed by atoms with Crippen LogP contribution in [0.25, 0.3) is 27.7 Å². The monoisotopic (exact) mass is 495 g/mol. The van der Waals surface area contributed by atoms with Gasteiger partial charge in [-0.05, 0) is 37.2 Å². The minimum atomic E-state index is -3.34. The fourth-order valence-electron chi connectivity index (χ4n) is 4.22. The van der Waals surface area contributed by atoms with Crippen molar-refractivity contribution in [2.24, 2.45) is 0 Å². The number of methoxy groups -OCH3 is 1. The first-order valence-electron chi connectivity index (χ1n) is 12.4. The summed E-state index contributed by atoms with van der Waals surface area (Å²) in [7, 11) is 1.39. The largest absolute Gasteiger partial charge is 0.479 e. The minimum absolute atomic E-state index is 0.00547. The number of nitrogens with zero attached hydrogens (tertiary/aromatic N) is 7. The van der Waals surface area contributed by atoms with E-state index in [1.54, 1.807) is 30.5 Å². The summed E-state index contributed by atoms with van der Waals surface area (Å²) in [5, 5.41) is 14.9. The molecule has 1 aromatic carbocycles. The number of rotatable bonds is 7. The first-order valence-corrected chi connectivity index (χ1v) is 10.9. The fraction of sp³-hybridized carbons (Fsp3) is 0.455. The molecule has 1 unspecified atom stereocenters. The van der Waals surface area contributed by atoms with Crippen LogP contribution in [0.4, 0.5) is 23.5 Å². The Hall–Kier alpha value is -3.48. The lowest BCUT2D eigenvalue weighted by atomic mass is 10.0. The number of alkyl halides is 4. The van der Waals surface area contributed by atoms with Crippen LogP contribution in [0.5, 0.6) is 5.88 Å². The van der Waals surface area contributed by atoms with Gasteiger partial charge < -0.3 is 15.0 Å². The van der Waals surface area contributed by atoms with E-state index >= 15 is 0 Å². The number of ether oxygens (including phenoxy) is 1. The van der Waals surface area contributed by atoms with Crippen molar-refractivity contribution in [3.8, 4) is 17.0 Å². The van der Waals surface area contributed by atoms with Gasteiger partial charge in [0.25, 0.3) is 5.92 Å². The summed E-state index contributed by atoms with van der Waals surface area (Å²) in [6.07, 6.45) is -1.33. The van der Waals surface area contributed by atoms with Gasteiger partial charge in [0.2, 0.25) is 18.3 Å². The van der Waals surface area contributed by atoms with Crippen molar-refractivity contribution in [3.05, 3.63) is 30.5 Å². The van der Waals surface area contributed by atoms with Gasteiger partial charge in [0.15, 0.2) is 0 Å². The molecule has 186 valence electrons. The van der Waals surface area contributed by atoms with Gasteiger partial charge in [-0.1, -0.05) is 11.3 Å². The number of hydrogen-bond acceptors (Lipinski definition) is 7. The summed E-state index contributed by atoms with van der Waals surface area (Å²) in [5.41, 5.74) is 2.95. The molecule has 0 radical (unpaired) electrons. The molecule has 1 N–H and O–H groups in total. The second-order valence-corrected chi connectivity index (χ2v) is 8.33. The number of piperidine rings is 1. The molecule has 1 aliphatic heterocycles. The van der Waals surface area contributed by atoms with Crippen molar-refractivity contribution in [1.29, 1.82) is 0 Å². The zero-order chi connectivity index (χ0) is 27.2. The Kier molecular flexibility index (Phi) is 5.06. The molecule has 35 heavy (non-hydrogen) atoms. The molecule has 1 aliphatic rings. The van der Waals surface area contributed by atoms with E-state index in [2.05, 4.69) is 25.7 Å². The molecule has 1 atom stereocenters. The van der Waals surface area contributed by atoms with E-state index < -0.39 is 31.9 Å². The third kappa shape index (κ3) is 4.47. The fourth-order valence-corrected chi connectivity index (χ4v) is 4.22. The highest BCUT2D eigenvalue weighted by molar-refractivity contribution is 5.89. The number of fused-ring (bicyclic) bond motifs is 2. The van der Waals surface area contributed by atoms with Crippen molar-refractivity contribution in [2.45, 2.75) is 37.8 Å². The van der Waals surface area contributed by atoms with E-state index in [4.69, 9.17) is 8.85 Å². The van der Waals surface area contributed by atoms with Crippen molar-refractivity contribution in [2.75, 3.05) is 32.5 Å². The number of aromatic nitrogens is 6. The zero-order valence-corrected chi connectivity index (χ0v) is 18.6. The summed E-state index contributed by atoms with van der Waals surface area (Å²) in [6.45, 7) is -3.55. The first-order chi connectivity index (χ1) is 18.0. The molecule has 0 saturated carbocycles. The van der Waals surface area contributed by atoms with Gasteiger partial charge in [-0.2, -0.15) is 4.98 Å². The average molecular weight is 495 g/mol. The van der Waals surface area contributed by atoms with Crippen LogP contribution in [-0.2, 0) is 6.54 Å². The molecule has 0 amide bonds. The quantitative estimate of drug-likeness (QED) is 0.393. The van der Waals surface area contributed by atoms with E-state index in [0.717, 1.165) is 4.90 Å². The Morgan fingerprint density at radius 2 is 2.17 bits per heavy atom. The van der Waals surface area contributed by atoms with Crippen LogP contribution >= 0.6 is 0 Å². The zero-order valence-electron chi connectivity index (χ0n) is 21.6. The summed E-state index contributed by atoms with van der Waals surface area (Å²) >= 11 is 0. The van der Waals surface area contributed by atoms with Gasteiger partial charge in [0.1, 0.15) is 11.0 Å². The van der Waals surface area contributed by atoms with Crippen molar-refractivity contribution >= 4 is 22.5 Å². The maximum absolute atomic E-state index is 14.8. The summed E-state index contributed by atoms with van der Waals surface area (Å²) in [4.78, 5) is 5.06. The summed E-state index contributed by atoms with van der Waals surface area (Å²) in [5.74, 6) is -3.32. The molecule has 4 heterocycles.